The molecule has 1 aromatic heterocycles. The van der Waals surface area contributed by atoms with E-state index in [1.54, 1.807) is 33.1 Å². The summed E-state index contributed by atoms with van der Waals surface area (Å²) < 4.78 is 17.7. The van der Waals surface area contributed by atoms with Gasteiger partial charge in [0.15, 0.2) is 0 Å². The van der Waals surface area contributed by atoms with Crippen molar-refractivity contribution in [3.63, 3.8) is 0 Å². The summed E-state index contributed by atoms with van der Waals surface area (Å²) in [5.74, 6) is -1.20. The third-order valence-corrected chi connectivity index (χ3v) is 5.05. The van der Waals surface area contributed by atoms with E-state index in [1.807, 2.05) is 4.31 Å². The van der Waals surface area contributed by atoms with Gasteiger partial charge in [-0.05, 0) is 45.7 Å². The fourth-order valence-electron chi connectivity index (χ4n) is 2.43. The van der Waals surface area contributed by atoms with Gasteiger partial charge in [0.05, 0.1) is 16.0 Å². The lowest BCUT2D eigenvalue weighted by Crippen LogP contribution is -2.47. The van der Waals surface area contributed by atoms with Crippen LogP contribution in [0, 0.1) is 0 Å². The Morgan fingerprint density at radius 1 is 1.23 bits per heavy atom. The van der Waals surface area contributed by atoms with Gasteiger partial charge >= 0.3 is 17.9 Å². The highest BCUT2D eigenvalue weighted by molar-refractivity contribution is 7.81. The second kappa shape index (κ2) is 11.8. The zero-order valence-corrected chi connectivity index (χ0v) is 19.0. The minimum Gasteiger partial charge on any atom is -0.444 e. The average Bonchev–Trinajstić information content (AvgIpc) is 2.62. The summed E-state index contributed by atoms with van der Waals surface area (Å²) in [5.41, 5.74) is 4.26. The van der Waals surface area contributed by atoms with Gasteiger partial charge in [-0.1, -0.05) is 11.6 Å². The maximum atomic E-state index is 11.8. The van der Waals surface area contributed by atoms with Gasteiger partial charge < -0.3 is 21.1 Å². The smallest absolute Gasteiger partial charge is 0.405 e. The molecule has 1 aliphatic heterocycles. The number of aromatic nitrogens is 1. The van der Waals surface area contributed by atoms with Crippen LogP contribution in [0.15, 0.2) is 18.3 Å². The molecule has 2 rings (SSSR count). The van der Waals surface area contributed by atoms with Gasteiger partial charge in [-0.25, -0.2) is 18.3 Å². The third-order valence-electron chi connectivity index (χ3n) is 3.73. The molecular weight excluding hydrogens is 434 g/mol. The summed E-state index contributed by atoms with van der Waals surface area (Å²) in [6.07, 6.45) is 3.62. The Labute approximate surface area is 183 Å². The van der Waals surface area contributed by atoms with Gasteiger partial charge in [0.25, 0.3) is 0 Å². The fraction of sp³-hybridized carbons (Fsp3) is 0.556. The Morgan fingerprint density at radius 3 is 2.23 bits per heavy atom. The van der Waals surface area contributed by atoms with Crippen molar-refractivity contribution in [3.05, 3.63) is 23.4 Å². The summed E-state index contributed by atoms with van der Waals surface area (Å²) in [6, 6.07) is 3.00. The van der Waals surface area contributed by atoms with E-state index in [1.165, 1.54) is 12.3 Å². The number of hydrogen-bond donors (Lipinski definition) is 3. The number of carbonyl (C=O) groups excluding carboxylic acids is 3. The molecule has 1 aromatic rings. The number of halogens is 1. The van der Waals surface area contributed by atoms with E-state index in [0.29, 0.717) is 31.0 Å². The lowest BCUT2D eigenvalue weighted by Gasteiger charge is -2.30. The molecule has 168 valence electrons. The molecule has 12 heteroatoms. The van der Waals surface area contributed by atoms with Gasteiger partial charge in [-0.3, -0.25) is 9.59 Å². The number of nitrogens with two attached hydrogens (primary N) is 1. The largest absolute Gasteiger partial charge is 0.444 e. The highest BCUT2D eigenvalue weighted by Gasteiger charge is 2.24. The summed E-state index contributed by atoms with van der Waals surface area (Å²) in [7, 11) is -0.995. The number of nitrogens with zero attached hydrogens (tertiary/aromatic N) is 2. The van der Waals surface area contributed by atoms with Crippen molar-refractivity contribution in [1.82, 2.24) is 14.6 Å². The van der Waals surface area contributed by atoms with Crippen molar-refractivity contribution in [3.8, 4) is 0 Å². The van der Waals surface area contributed by atoms with Crippen molar-refractivity contribution in [1.29, 1.82) is 0 Å². The van der Waals surface area contributed by atoms with Crippen molar-refractivity contribution in [2.24, 2.45) is 5.73 Å². The molecular formula is C18H28ClN5O5S. The van der Waals surface area contributed by atoms with Crippen LogP contribution >= 0.6 is 11.6 Å². The molecule has 0 saturated carbocycles. The van der Waals surface area contributed by atoms with E-state index in [9.17, 15) is 18.6 Å². The van der Waals surface area contributed by atoms with Crippen molar-refractivity contribution >= 4 is 46.3 Å². The number of amides is 3. The topological polar surface area (TPSA) is 144 Å². The predicted octanol–water partition coefficient (Wildman–Crippen LogP) is 1.43. The molecule has 1 fully saturated rings. The molecule has 0 radical (unpaired) electrons. The Morgan fingerprint density at radius 2 is 1.83 bits per heavy atom. The molecule has 1 saturated heterocycles. The van der Waals surface area contributed by atoms with Crippen molar-refractivity contribution < 1.29 is 23.3 Å². The summed E-state index contributed by atoms with van der Waals surface area (Å²) in [5, 5.41) is 5.53. The van der Waals surface area contributed by atoms with E-state index in [2.05, 4.69) is 20.4 Å². The summed E-state index contributed by atoms with van der Waals surface area (Å²) in [4.78, 5) is 37.5. The molecule has 2 heterocycles. The Hall–Kier alpha value is -2.24. The van der Waals surface area contributed by atoms with Crippen LogP contribution in [-0.2, 0) is 25.3 Å². The number of primary amides is 1. The molecule has 1 atom stereocenters. The van der Waals surface area contributed by atoms with Gasteiger partial charge in [-0.15, -0.1) is 0 Å². The molecule has 4 N–H and O–H groups in total. The van der Waals surface area contributed by atoms with Crippen molar-refractivity contribution in [2.75, 3.05) is 24.7 Å². The van der Waals surface area contributed by atoms with Crippen molar-refractivity contribution in [2.45, 2.75) is 45.3 Å². The maximum absolute atomic E-state index is 11.8. The number of pyridine rings is 1. The average molecular weight is 462 g/mol. The molecule has 0 aliphatic carbocycles. The highest BCUT2D eigenvalue weighted by Crippen LogP contribution is 2.12. The normalized spacial score (nSPS) is 15.9. The standard InChI is InChI=1S/C13H17ClN4O3S.C5H11NO2/c1-22(21)18-6-4-10(5-7-18)16-12(19)13(20)17-11-3-2-9(14)8-15-11;1-5(2,3)8-4(6)7/h2-3,8,10H,4-7H2,1H3,(H,16,19)(H,15,17,20);1-3H3,(H2,6,7). The quantitative estimate of drug-likeness (QED) is 0.581. The lowest BCUT2D eigenvalue weighted by molar-refractivity contribution is -0.136. The molecule has 10 nitrogen and oxygen atoms in total. The number of rotatable bonds is 3. The van der Waals surface area contributed by atoms with E-state index in [0.717, 1.165) is 0 Å². The van der Waals surface area contributed by atoms with Crippen LogP contribution in [0.5, 0.6) is 0 Å². The molecule has 0 aromatic carbocycles. The number of ether oxygens (including phenoxy) is 1. The molecule has 0 bridgehead atoms. The highest BCUT2D eigenvalue weighted by atomic mass is 35.5. The van der Waals surface area contributed by atoms with Crippen LogP contribution in [0.2, 0.25) is 5.02 Å². The first-order chi connectivity index (χ1) is 13.9. The van der Waals surface area contributed by atoms with Crippen LogP contribution < -0.4 is 16.4 Å². The van der Waals surface area contributed by atoms with Crippen LogP contribution in [-0.4, -0.2) is 62.4 Å². The van der Waals surface area contributed by atoms with E-state index in [4.69, 9.17) is 17.3 Å². The maximum Gasteiger partial charge on any atom is 0.405 e. The van der Waals surface area contributed by atoms with Gasteiger partial charge in [0, 0.05) is 31.6 Å². The number of piperidine rings is 1. The minimum absolute atomic E-state index is 0.0868. The van der Waals surface area contributed by atoms with Gasteiger partial charge in [0.2, 0.25) is 0 Å². The SMILES string of the molecule is CC(C)(C)OC(N)=O.CS(=O)N1CCC(NC(=O)C(=O)Nc2ccc(Cl)cn2)CC1. The third kappa shape index (κ3) is 10.5. The van der Waals surface area contributed by atoms with Crippen LogP contribution in [0.3, 0.4) is 0 Å². The summed E-state index contributed by atoms with van der Waals surface area (Å²) in [6.45, 7) is 6.55. The first-order valence-electron chi connectivity index (χ1n) is 9.17. The first kappa shape index (κ1) is 25.8. The summed E-state index contributed by atoms with van der Waals surface area (Å²) >= 11 is 5.69. The van der Waals surface area contributed by atoms with Gasteiger partial charge in [0.1, 0.15) is 11.4 Å². The Balaban J connectivity index is 0.000000479. The monoisotopic (exact) mass is 461 g/mol. The van der Waals surface area contributed by atoms with Crippen LogP contribution in [0.1, 0.15) is 33.6 Å². The second-order valence-corrected chi connectivity index (χ2v) is 9.25. The molecule has 30 heavy (non-hydrogen) atoms. The fourth-order valence-corrected chi connectivity index (χ4v) is 3.27. The van der Waals surface area contributed by atoms with Crippen LogP contribution in [0.25, 0.3) is 0 Å². The molecule has 0 spiro atoms. The van der Waals surface area contributed by atoms with Crippen LogP contribution in [0.4, 0.5) is 10.6 Å². The predicted molar refractivity (Wildman–Crippen MR) is 115 cm³/mol. The minimum atomic E-state index is -0.995. The number of anilines is 1. The van der Waals surface area contributed by atoms with E-state index >= 15 is 0 Å². The first-order valence-corrected chi connectivity index (χ1v) is 11.1. The second-order valence-electron chi connectivity index (χ2n) is 7.45. The zero-order chi connectivity index (χ0) is 22.9. The number of carbonyl (C=O) groups is 3. The Bertz CT molecular complexity index is 761. The van der Waals surface area contributed by atoms with E-state index in [-0.39, 0.29) is 11.9 Å². The molecule has 3 amide bonds. The Kier molecular flexibility index (Phi) is 10.2. The lowest BCUT2D eigenvalue weighted by atomic mass is 10.1. The molecule has 1 unspecified atom stereocenters. The van der Waals surface area contributed by atoms with Gasteiger partial charge in [-0.2, -0.15) is 0 Å². The van der Waals surface area contributed by atoms with E-state index < -0.39 is 34.5 Å². The zero-order valence-electron chi connectivity index (χ0n) is 17.4. The molecule has 1 aliphatic rings. The number of hydrogen-bond acceptors (Lipinski definition) is 6. The number of nitrogens with one attached hydrogen (secondary N) is 2.